The highest BCUT2D eigenvalue weighted by Gasteiger charge is 2.55. The van der Waals surface area contributed by atoms with Crippen LogP contribution in [0.25, 0.3) is 11.0 Å². The van der Waals surface area contributed by atoms with E-state index in [0.29, 0.717) is 41.1 Å². The van der Waals surface area contributed by atoms with E-state index in [1.54, 1.807) is 19.1 Å². The zero-order valence-electron chi connectivity index (χ0n) is 19.6. The Labute approximate surface area is 201 Å². The predicted molar refractivity (Wildman–Crippen MR) is 124 cm³/mol. The van der Waals surface area contributed by atoms with Crippen LogP contribution in [-0.4, -0.2) is 44.0 Å². The van der Waals surface area contributed by atoms with E-state index in [9.17, 15) is 9.59 Å². The van der Waals surface area contributed by atoms with Gasteiger partial charge in [-0.25, -0.2) is 9.59 Å². The van der Waals surface area contributed by atoms with Crippen molar-refractivity contribution >= 4 is 17.1 Å². The molecule has 2 aliphatic heterocycles. The third kappa shape index (κ3) is 4.44. The van der Waals surface area contributed by atoms with Gasteiger partial charge in [0, 0.05) is 12.7 Å². The zero-order valence-corrected chi connectivity index (χ0v) is 19.6. The topological polar surface area (TPSA) is 103 Å². The Bertz CT molecular complexity index is 1270. The van der Waals surface area contributed by atoms with E-state index in [1.807, 2.05) is 37.3 Å². The summed E-state index contributed by atoms with van der Waals surface area (Å²) in [4.78, 5) is 24.2. The second kappa shape index (κ2) is 9.59. The van der Waals surface area contributed by atoms with E-state index in [2.05, 4.69) is 0 Å². The maximum absolute atomic E-state index is 12.3. The van der Waals surface area contributed by atoms with Gasteiger partial charge in [-0.2, -0.15) is 0 Å². The van der Waals surface area contributed by atoms with Crippen LogP contribution in [0.3, 0.4) is 0 Å². The van der Waals surface area contributed by atoms with Gasteiger partial charge < -0.3 is 32.8 Å². The van der Waals surface area contributed by atoms with Gasteiger partial charge >= 0.3 is 11.8 Å². The highest BCUT2D eigenvalue weighted by atomic mass is 16.8. The molecule has 5 atom stereocenters. The Kier molecular flexibility index (Phi) is 6.36. The summed E-state index contributed by atoms with van der Waals surface area (Å²) in [5.41, 5.74) is 1.36. The van der Waals surface area contributed by atoms with Crippen LogP contribution in [0.4, 0.5) is 4.79 Å². The van der Waals surface area contributed by atoms with Gasteiger partial charge in [0.2, 0.25) is 12.4 Å². The van der Waals surface area contributed by atoms with Crippen LogP contribution in [0.5, 0.6) is 11.5 Å². The summed E-state index contributed by atoms with van der Waals surface area (Å²) in [5, 5.41) is 0.634. The van der Waals surface area contributed by atoms with Crippen molar-refractivity contribution in [1.82, 2.24) is 0 Å². The minimum Gasteiger partial charge on any atom is -0.488 e. The molecule has 184 valence electrons. The zero-order chi connectivity index (χ0) is 24.5. The first-order valence-corrected chi connectivity index (χ1v) is 11.4. The molecule has 0 radical (unpaired) electrons. The number of carbonyl (C=O) groups is 1. The highest BCUT2D eigenvalue weighted by Crippen LogP contribution is 2.37. The second-order valence-corrected chi connectivity index (χ2v) is 8.45. The normalized spacial score (nSPS) is 25.6. The molecule has 0 saturated carbocycles. The lowest BCUT2D eigenvalue weighted by atomic mass is 9.97. The molecule has 1 aromatic heterocycles. The summed E-state index contributed by atoms with van der Waals surface area (Å²) in [5.74, 6) is 0.828. The molecule has 0 aliphatic carbocycles. The van der Waals surface area contributed by atoms with Crippen molar-refractivity contribution in [3.63, 3.8) is 0 Å². The molecule has 2 fully saturated rings. The molecule has 2 aromatic carbocycles. The molecule has 0 bridgehead atoms. The minimum atomic E-state index is -0.928. The fourth-order valence-corrected chi connectivity index (χ4v) is 4.52. The van der Waals surface area contributed by atoms with Crippen LogP contribution >= 0.6 is 0 Å². The first-order chi connectivity index (χ1) is 17.0. The monoisotopic (exact) mass is 482 g/mol. The summed E-state index contributed by atoms with van der Waals surface area (Å²) in [7, 11) is 1.54. The third-order valence-corrected chi connectivity index (χ3v) is 6.28. The molecule has 9 heteroatoms. The lowest BCUT2D eigenvalue weighted by Crippen LogP contribution is -2.58. The number of carbonyl (C=O) groups excluding carboxylic acids is 1. The first kappa shape index (κ1) is 23.2. The lowest BCUT2D eigenvalue weighted by molar-refractivity contribution is -0.250. The number of hydrogen-bond donors (Lipinski definition) is 0. The maximum Gasteiger partial charge on any atom is 0.509 e. The molecule has 2 aliphatic rings. The molecule has 0 spiro atoms. The predicted octanol–water partition coefficient (Wildman–Crippen LogP) is 4.11. The van der Waals surface area contributed by atoms with E-state index >= 15 is 0 Å². The van der Waals surface area contributed by atoms with Crippen LogP contribution in [0, 0.1) is 6.92 Å². The summed E-state index contributed by atoms with van der Waals surface area (Å²) >= 11 is 0. The molecule has 0 amide bonds. The maximum atomic E-state index is 12.3. The van der Waals surface area contributed by atoms with Gasteiger partial charge in [-0.05, 0) is 31.0 Å². The van der Waals surface area contributed by atoms with E-state index in [4.69, 9.17) is 32.8 Å². The molecule has 9 nitrogen and oxygen atoms in total. The Morgan fingerprint density at radius 2 is 1.74 bits per heavy atom. The van der Waals surface area contributed by atoms with Crippen LogP contribution in [-0.2, 0) is 25.6 Å². The SMILES string of the molecule is CC[C@@H]1O[C@@H](Oc2ccc3c(OCc4ccccc4)cc(=O)oc3c2C)[C@@H]2OC(=O)O[C@@H]2[C@H]1OC. The van der Waals surface area contributed by atoms with E-state index in [1.165, 1.54) is 13.2 Å². The fourth-order valence-electron chi connectivity index (χ4n) is 4.52. The molecule has 35 heavy (non-hydrogen) atoms. The molecule has 2 saturated heterocycles. The molecular formula is C26H26O9. The van der Waals surface area contributed by atoms with Crippen molar-refractivity contribution in [3.05, 3.63) is 70.1 Å². The van der Waals surface area contributed by atoms with Crippen molar-refractivity contribution in [3.8, 4) is 11.5 Å². The van der Waals surface area contributed by atoms with Crippen LogP contribution in [0.1, 0.15) is 24.5 Å². The number of benzene rings is 2. The number of methoxy groups -OCH3 is 1. The summed E-state index contributed by atoms with van der Waals surface area (Å²) < 4.78 is 39.9. The number of hydrogen-bond acceptors (Lipinski definition) is 9. The Morgan fingerprint density at radius 3 is 2.49 bits per heavy atom. The average molecular weight is 482 g/mol. The summed E-state index contributed by atoms with van der Waals surface area (Å²) in [6.07, 6.45) is -3.41. The smallest absolute Gasteiger partial charge is 0.488 e. The lowest BCUT2D eigenvalue weighted by Gasteiger charge is -2.40. The number of ether oxygens (including phenoxy) is 6. The van der Waals surface area contributed by atoms with E-state index in [0.717, 1.165) is 5.56 Å². The molecular weight excluding hydrogens is 456 g/mol. The molecule has 3 heterocycles. The summed E-state index contributed by atoms with van der Waals surface area (Å²) in [6.45, 7) is 4.02. The van der Waals surface area contributed by atoms with Crippen molar-refractivity contribution < 1.29 is 37.6 Å². The van der Waals surface area contributed by atoms with Gasteiger partial charge in [-0.3, -0.25) is 0 Å². The van der Waals surface area contributed by atoms with Crippen LogP contribution in [0.2, 0.25) is 0 Å². The summed E-state index contributed by atoms with van der Waals surface area (Å²) in [6, 6.07) is 14.5. The van der Waals surface area contributed by atoms with Gasteiger partial charge in [-0.15, -0.1) is 0 Å². The van der Waals surface area contributed by atoms with Gasteiger partial charge in [0.1, 0.15) is 29.8 Å². The van der Waals surface area contributed by atoms with Crippen molar-refractivity contribution in [2.45, 2.75) is 57.6 Å². The average Bonchev–Trinajstić information content (AvgIpc) is 3.26. The highest BCUT2D eigenvalue weighted by molar-refractivity contribution is 5.87. The standard InChI is InChI=1S/C26H26O9/c1-4-17-22(29-3)23-24(35-26(28)34-23)25(31-17)32-18-11-10-16-19(12-20(27)33-21(16)14(18)2)30-13-15-8-6-5-7-9-15/h5-12,17,22-25H,4,13H2,1-3H3/t17-,22-,23+,24+,25-/m0/s1. The fraction of sp³-hybridized carbons (Fsp3) is 0.385. The Balaban J connectivity index is 1.43. The second-order valence-electron chi connectivity index (χ2n) is 8.45. The number of rotatable bonds is 7. The molecule has 0 unspecified atom stereocenters. The van der Waals surface area contributed by atoms with E-state index in [-0.39, 0.29) is 6.10 Å². The van der Waals surface area contributed by atoms with Gasteiger partial charge in [0.25, 0.3) is 0 Å². The van der Waals surface area contributed by atoms with Gasteiger partial charge in [-0.1, -0.05) is 37.3 Å². The Hall–Kier alpha value is -3.56. The number of aryl methyl sites for hydroxylation is 1. The quantitative estimate of drug-likeness (QED) is 0.363. The van der Waals surface area contributed by atoms with Crippen molar-refractivity contribution in [2.24, 2.45) is 0 Å². The molecule has 5 rings (SSSR count). The van der Waals surface area contributed by atoms with Crippen LogP contribution < -0.4 is 15.1 Å². The van der Waals surface area contributed by atoms with Gasteiger partial charge in [0.05, 0.1) is 17.6 Å². The third-order valence-electron chi connectivity index (χ3n) is 6.28. The molecule has 0 N–H and O–H groups in total. The number of fused-ring (bicyclic) bond motifs is 2. The largest absolute Gasteiger partial charge is 0.509 e. The van der Waals surface area contributed by atoms with Crippen molar-refractivity contribution in [2.75, 3.05) is 7.11 Å². The molecule has 3 aromatic rings. The van der Waals surface area contributed by atoms with Gasteiger partial charge in [0.15, 0.2) is 6.10 Å². The van der Waals surface area contributed by atoms with Crippen LogP contribution in [0.15, 0.2) is 57.7 Å². The van der Waals surface area contributed by atoms with Crippen molar-refractivity contribution in [1.29, 1.82) is 0 Å². The van der Waals surface area contributed by atoms with E-state index < -0.39 is 36.4 Å². The Morgan fingerprint density at radius 1 is 0.971 bits per heavy atom. The first-order valence-electron chi connectivity index (χ1n) is 11.4. The minimum absolute atomic E-state index is 0.306.